The fourth-order valence-electron chi connectivity index (χ4n) is 2.14. The molecule has 1 aromatic carbocycles. The van der Waals surface area contributed by atoms with Crippen molar-refractivity contribution < 1.29 is 4.39 Å². The average molecular weight is 253 g/mol. The monoisotopic (exact) mass is 252 g/mol. The van der Waals surface area contributed by atoms with Crippen molar-refractivity contribution in [2.75, 3.05) is 6.54 Å². The van der Waals surface area contributed by atoms with E-state index in [2.05, 4.69) is 16.4 Å². The number of rotatable bonds is 1. The Morgan fingerprint density at radius 3 is 2.59 bits per heavy atom. The Labute approximate surface area is 106 Å². The Balaban J connectivity index is 0.00000108. The molecule has 17 heavy (non-hydrogen) atoms. The Hall–Kier alpha value is -1.32. The molecule has 1 aliphatic heterocycles. The van der Waals surface area contributed by atoms with Crippen molar-refractivity contribution in [3.8, 4) is 11.3 Å². The number of fused-ring (bicyclic) bond motifs is 1. The number of aromatic nitrogens is 1. The van der Waals surface area contributed by atoms with Crippen LogP contribution in [0.15, 0.2) is 30.3 Å². The summed E-state index contributed by atoms with van der Waals surface area (Å²) in [6.45, 7) is 1.95. The van der Waals surface area contributed by atoms with Gasteiger partial charge in [0.15, 0.2) is 0 Å². The van der Waals surface area contributed by atoms with E-state index in [-0.39, 0.29) is 18.2 Å². The summed E-state index contributed by atoms with van der Waals surface area (Å²) in [7, 11) is 0. The van der Waals surface area contributed by atoms with Gasteiger partial charge in [-0.2, -0.15) is 0 Å². The first-order valence-corrected chi connectivity index (χ1v) is 5.50. The van der Waals surface area contributed by atoms with Gasteiger partial charge in [-0.1, -0.05) is 0 Å². The number of nitrogens with one attached hydrogen (secondary N) is 2. The maximum atomic E-state index is 12.8. The normalized spacial score (nSPS) is 13.9. The van der Waals surface area contributed by atoms with Crippen molar-refractivity contribution in [3.05, 3.63) is 47.4 Å². The molecule has 0 unspecified atom stereocenters. The van der Waals surface area contributed by atoms with Crippen LogP contribution in [0.5, 0.6) is 0 Å². The van der Waals surface area contributed by atoms with Crippen LogP contribution >= 0.6 is 12.4 Å². The molecule has 0 saturated heterocycles. The van der Waals surface area contributed by atoms with Gasteiger partial charge in [0, 0.05) is 30.9 Å². The summed E-state index contributed by atoms with van der Waals surface area (Å²) in [4.78, 5) is 3.41. The number of benzene rings is 1. The predicted octanol–water partition coefficient (Wildman–Crippen LogP) is 2.89. The smallest absolute Gasteiger partial charge is 0.123 e. The van der Waals surface area contributed by atoms with Gasteiger partial charge in [-0.05, 0) is 41.5 Å². The van der Waals surface area contributed by atoms with Crippen molar-refractivity contribution in [1.82, 2.24) is 10.3 Å². The lowest BCUT2D eigenvalue weighted by atomic mass is 10.1. The van der Waals surface area contributed by atoms with E-state index in [1.807, 2.05) is 0 Å². The van der Waals surface area contributed by atoms with Crippen molar-refractivity contribution in [2.24, 2.45) is 0 Å². The first-order valence-electron chi connectivity index (χ1n) is 5.50. The Bertz CT molecular complexity index is 481. The second-order valence-corrected chi connectivity index (χ2v) is 4.12. The molecule has 0 radical (unpaired) electrons. The minimum absolute atomic E-state index is 0. The highest BCUT2D eigenvalue weighted by Gasteiger charge is 2.12. The summed E-state index contributed by atoms with van der Waals surface area (Å²) >= 11 is 0. The Morgan fingerprint density at radius 2 is 1.88 bits per heavy atom. The molecule has 2 nitrogen and oxygen atoms in total. The highest BCUT2D eigenvalue weighted by molar-refractivity contribution is 5.85. The number of hydrogen-bond donors (Lipinski definition) is 2. The van der Waals surface area contributed by atoms with E-state index < -0.39 is 0 Å². The number of hydrogen-bond acceptors (Lipinski definition) is 1. The van der Waals surface area contributed by atoms with E-state index in [1.165, 1.54) is 23.4 Å². The summed E-state index contributed by atoms with van der Waals surface area (Å²) in [5.41, 5.74) is 4.74. The molecule has 0 saturated carbocycles. The third-order valence-corrected chi connectivity index (χ3v) is 3.01. The van der Waals surface area contributed by atoms with Crippen LogP contribution in [0, 0.1) is 5.82 Å². The second-order valence-electron chi connectivity index (χ2n) is 4.12. The maximum absolute atomic E-state index is 12.8. The third kappa shape index (κ3) is 2.35. The van der Waals surface area contributed by atoms with Crippen molar-refractivity contribution >= 4 is 12.4 Å². The van der Waals surface area contributed by atoms with Crippen molar-refractivity contribution in [3.63, 3.8) is 0 Å². The largest absolute Gasteiger partial charge is 0.358 e. The molecule has 1 aromatic heterocycles. The lowest BCUT2D eigenvalue weighted by molar-refractivity contribution is 0.628. The topological polar surface area (TPSA) is 27.8 Å². The third-order valence-electron chi connectivity index (χ3n) is 3.01. The maximum Gasteiger partial charge on any atom is 0.123 e. The van der Waals surface area contributed by atoms with Gasteiger partial charge in [-0.15, -0.1) is 12.4 Å². The molecule has 1 aliphatic rings. The number of H-pyrrole nitrogens is 1. The summed E-state index contributed by atoms with van der Waals surface area (Å²) < 4.78 is 12.8. The quantitative estimate of drug-likeness (QED) is 0.803. The zero-order chi connectivity index (χ0) is 11.0. The molecule has 0 amide bonds. The lowest BCUT2D eigenvalue weighted by Crippen LogP contribution is -2.22. The van der Waals surface area contributed by atoms with Crippen LogP contribution in [0.25, 0.3) is 11.3 Å². The highest BCUT2D eigenvalue weighted by atomic mass is 35.5. The molecule has 0 atom stereocenters. The van der Waals surface area contributed by atoms with E-state index >= 15 is 0 Å². The van der Waals surface area contributed by atoms with Crippen LogP contribution in [0.3, 0.4) is 0 Å². The molecule has 90 valence electrons. The molecule has 0 fully saturated rings. The standard InChI is InChI=1S/C13H13FN2.ClH/c14-11-3-1-9(2-4-11)13-7-10-8-15-6-5-12(10)16-13;/h1-4,7,15-16H,5-6,8H2;1H. The summed E-state index contributed by atoms with van der Waals surface area (Å²) in [5, 5.41) is 3.33. The van der Waals surface area contributed by atoms with Gasteiger partial charge in [-0.3, -0.25) is 0 Å². The molecule has 0 bridgehead atoms. The van der Waals surface area contributed by atoms with Crippen LogP contribution in [0.2, 0.25) is 0 Å². The molecule has 3 rings (SSSR count). The Morgan fingerprint density at radius 1 is 1.12 bits per heavy atom. The summed E-state index contributed by atoms with van der Waals surface area (Å²) in [6.07, 6.45) is 1.04. The first-order chi connectivity index (χ1) is 7.83. The van der Waals surface area contributed by atoms with Gasteiger partial charge in [-0.25, -0.2) is 4.39 Å². The number of halogens is 2. The van der Waals surface area contributed by atoms with E-state index in [4.69, 9.17) is 0 Å². The predicted molar refractivity (Wildman–Crippen MR) is 68.8 cm³/mol. The molecule has 0 spiro atoms. The minimum atomic E-state index is -0.193. The zero-order valence-electron chi connectivity index (χ0n) is 9.29. The molecular weight excluding hydrogens is 239 g/mol. The van der Waals surface area contributed by atoms with Crippen LogP contribution in [0.4, 0.5) is 4.39 Å². The first kappa shape index (κ1) is 12.1. The second kappa shape index (κ2) is 4.90. The highest BCUT2D eigenvalue weighted by Crippen LogP contribution is 2.23. The lowest BCUT2D eigenvalue weighted by Gasteiger charge is -2.11. The average Bonchev–Trinajstić information content (AvgIpc) is 2.73. The molecule has 0 aliphatic carbocycles. The Kier molecular flexibility index (Phi) is 3.50. The van der Waals surface area contributed by atoms with Gasteiger partial charge >= 0.3 is 0 Å². The van der Waals surface area contributed by atoms with E-state index in [0.29, 0.717) is 0 Å². The fraction of sp³-hybridized carbons (Fsp3) is 0.231. The fourth-order valence-corrected chi connectivity index (χ4v) is 2.14. The summed E-state index contributed by atoms with van der Waals surface area (Å²) in [6, 6.07) is 8.75. The van der Waals surface area contributed by atoms with E-state index in [9.17, 15) is 4.39 Å². The van der Waals surface area contributed by atoms with Gasteiger partial charge in [0.25, 0.3) is 0 Å². The SMILES string of the molecule is Cl.Fc1ccc(-c2cc3c([nH]2)CCNC3)cc1. The van der Waals surface area contributed by atoms with Crippen molar-refractivity contribution in [2.45, 2.75) is 13.0 Å². The van der Waals surface area contributed by atoms with E-state index in [1.54, 1.807) is 12.1 Å². The van der Waals surface area contributed by atoms with Gasteiger partial charge in [0.1, 0.15) is 5.82 Å². The van der Waals surface area contributed by atoms with E-state index in [0.717, 1.165) is 30.8 Å². The van der Waals surface area contributed by atoms with Crippen molar-refractivity contribution in [1.29, 1.82) is 0 Å². The zero-order valence-corrected chi connectivity index (χ0v) is 10.1. The van der Waals surface area contributed by atoms with Gasteiger partial charge in [0.2, 0.25) is 0 Å². The minimum Gasteiger partial charge on any atom is -0.358 e. The molecule has 2 heterocycles. The van der Waals surface area contributed by atoms with Crippen LogP contribution in [-0.2, 0) is 13.0 Å². The molecule has 4 heteroatoms. The molecule has 2 N–H and O–H groups in total. The molecular formula is C13H14ClFN2. The molecule has 2 aromatic rings. The number of aromatic amines is 1. The van der Waals surface area contributed by atoms with Crippen LogP contribution in [0.1, 0.15) is 11.3 Å². The van der Waals surface area contributed by atoms with Gasteiger partial charge in [0.05, 0.1) is 0 Å². The van der Waals surface area contributed by atoms with Gasteiger partial charge < -0.3 is 10.3 Å². The van der Waals surface area contributed by atoms with Crippen LogP contribution < -0.4 is 5.32 Å². The summed E-state index contributed by atoms with van der Waals surface area (Å²) in [5.74, 6) is -0.193. The van der Waals surface area contributed by atoms with Crippen LogP contribution in [-0.4, -0.2) is 11.5 Å².